The standard InChI is InChI=1S/C23H19N3O4/c27-21(14-26-19-8-4-5-9-20(19)30-15-22(26)28)24-25-23(29)18-12-10-17(11-13-18)16-6-2-1-3-7-16/h1-13H,14-15H2,(H,24,27)(H,25,29). The van der Waals surface area contributed by atoms with Crippen LogP contribution >= 0.6 is 0 Å². The molecule has 150 valence electrons. The number of benzene rings is 3. The van der Waals surface area contributed by atoms with Gasteiger partial charge in [-0.3, -0.25) is 30.1 Å². The number of carbonyl (C=O) groups excluding carboxylic acids is 3. The number of amides is 3. The van der Waals surface area contributed by atoms with Crippen LogP contribution in [-0.2, 0) is 9.59 Å². The summed E-state index contributed by atoms with van der Waals surface area (Å²) >= 11 is 0. The molecule has 0 bridgehead atoms. The first-order chi connectivity index (χ1) is 14.6. The lowest BCUT2D eigenvalue weighted by molar-refractivity contribution is -0.125. The third-order valence-corrected chi connectivity index (χ3v) is 4.68. The number of anilines is 1. The van der Waals surface area contributed by atoms with E-state index in [2.05, 4.69) is 10.9 Å². The van der Waals surface area contributed by atoms with E-state index in [9.17, 15) is 14.4 Å². The average molecular weight is 401 g/mol. The predicted octanol–water partition coefficient (Wildman–Crippen LogP) is 2.54. The van der Waals surface area contributed by atoms with Gasteiger partial charge in [0.05, 0.1) is 5.69 Å². The van der Waals surface area contributed by atoms with Gasteiger partial charge >= 0.3 is 0 Å². The van der Waals surface area contributed by atoms with Crippen molar-refractivity contribution in [2.45, 2.75) is 0 Å². The summed E-state index contributed by atoms with van der Waals surface area (Å²) in [5.41, 5.74) is 7.69. The number of rotatable bonds is 4. The smallest absolute Gasteiger partial charge is 0.269 e. The van der Waals surface area contributed by atoms with Gasteiger partial charge in [0.1, 0.15) is 12.3 Å². The molecule has 7 nitrogen and oxygen atoms in total. The van der Waals surface area contributed by atoms with E-state index < -0.39 is 11.8 Å². The van der Waals surface area contributed by atoms with Gasteiger partial charge in [0.15, 0.2) is 6.61 Å². The SMILES string of the molecule is O=C(CN1C(=O)COc2ccccc21)NNC(=O)c1ccc(-c2ccccc2)cc1. The highest BCUT2D eigenvalue weighted by Gasteiger charge is 2.27. The third-order valence-electron chi connectivity index (χ3n) is 4.68. The molecular weight excluding hydrogens is 382 g/mol. The summed E-state index contributed by atoms with van der Waals surface area (Å²) in [7, 11) is 0. The molecule has 0 unspecified atom stereocenters. The molecule has 3 aromatic carbocycles. The van der Waals surface area contributed by atoms with Gasteiger partial charge < -0.3 is 4.74 Å². The molecule has 0 fully saturated rings. The number of fused-ring (bicyclic) bond motifs is 1. The van der Waals surface area contributed by atoms with Gasteiger partial charge in [-0.1, -0.05) is 54.6 Å². The van der Waals surface area contributed by atoms with Gasteiger partial charge in [-0.05, 0) is 35.4 Å². The number of nitrogens with zero attached hydrogens (tertiary/aromatic N) is 1. The highest BCUT2D eigenvalue weighted by atomic mass is 16.5. The zero-order chi connectivity index (χ0) is 20.9. The quantitative estimate of drug-likeness (QED) is 0.658. The summed E-state index contributed by atoms with van der Waals surface area (Å²) in [6.45, 7) is -0.364. The van der Waals surface area contributed by atoms with Crippen molar-refractivity contribution < 1.29 is 19.1 Å². The Hall–Kier alpha value is -4.13. The molecule has 1 aliphatic heterocycles. The number of hydrogen-bond acceptors (Lipinski definition) is 4. The van der Waals surface area contributed by atoms with Crippen LogP contribution in [0.1, 0.15) is 10.4 Å². The lowest BCUT2D eigenvalue weighted by atomic mass is 10.0. The molecule has 3 aromatic rings. The second-order valence-corrected chi connectivity index (χ2v) is 6.68. The van der Waals surface area contributed by atoms with E-state index in [1.54, 1.807) is 36.4 Å². The monoisotopic (exact) mass is 401 g/mol. The molecule has 0 spiro atoms. The molecule has 1 aliphatic rings. The first-order valence-corrected chi connectivity index (χ1v) is 9.39. The van der Waals surface area contributed by atoms with Crippen molar-refractivity contribution in [3.8, 4) is 16.9 Å². The van der Waals surface area contributed by atoms with Gasteiger partial charge in [0.25, 0.3) is 17.7 Å². The maximum atomic E-state index is 12.3. The van der Waals surface area contributed by atoms with E-state index in [1.807, 2.05) is 42.5 Å². The largest absolute Gasteiger partial charge is 0.482 e. The molecular formula is C23H19N3O4. The molecule has 2 N–H and O–H groups in total. The fraction of sp³-hybridized carbons (Fsp3) is 0.0870. The van der Waals surface area contributed by atoms with Gasteiger partial charge in [-0.25, -0.2) is 0 Å². The molecule has 30 heavy (non-hydrogen) atoms. The normalized spacial score (nSPS) is 12.5. The van der Waals surface area contributed by atoms with E-state index >= 15 is 0 Å². The minimum Gasteiger partial charge on any atom is -0.482 e. The van der Waals surface area contributed by atoms with E-state index in [0.717, 1.165) is 11.1 Å². The van der Waals surface area contributed by atoms with Crippen molar-refractivity contribution in [3.05, 3.63) is 84.4 Å². The summed E-state index contributed by atoms with van der Waals surface area (Å²) in [6.07, 6.45) is 0. The molecule has 0 aliphatic carbocycles. The van der Waals surface area contributed by atoms with E-state index in [-0.39, 0.29) is 19.1 Å². The Balaban J connectivity index is 1.35. The van der Waals surface area contributed by atoms with Crippen LogP contribution in [0, 0.1) is 0 Å². The zero-order valence-electron chi connectivity index (χ0n) is 16.0. The predicted molar refractivity (Wildman–Crippen MR) is 112 cm³/mol. The molecule has 3 amide bonds. The van der Waals surface area contributed by atoms with E-state index in [1.165, 1.54) is 4.90 Å². The van der Waals surface area contributed by atoms with Gasteiger partial charge in [-0.2, -0.15) is 0 Å². The van der Waals surface area contributed by atoms with Gasteiger partial charge in [-0.15, -0.1) is 0 Å². The van der Waals surface area contributed by atoms with Crippen molar-refractivity contribution in [1.29, 1.82) is 0 Å². The van der Waals surface area contributed by atoms with Crippen LogP contribution in [-0.4, -0.2) is 30.9 Å². The second kappa shape index (κ2) is 8.48. The Labute approximate surface area is 173 Å². The van der Waals surface area contributed by atoms with Gasteiger partial charge in [0, 0.05) is 5.56 Å². The Bertz CT molecular complexity index is 1080. The van der Waals surface area contributed by atoms with Crippen LogP contribution in [0.5, 0.6) is 5.75 Å². The van der Waals surface area contributed by atoms with Crippen molar-refractivity contribution in [2.24, 2.45) is 0 Å². The third kappa shape index (κ3) is 4.15. The minimum absolute atomic E-state index is 0.135. The first-order valence-electron chi connectivity index (χ1n) is 9.39. The number of para-hydroxylation sites is 2. The van der Waals surface area contributed by atoms with Crippen molar-refractivity contribution in [3.63, 3.8) is 0 Å². The summed E-state index contributed by atoms with van der Waals surface area (Å²) in [5.74, 6) is -0.759. The summed E-state index contributed by atoms with van der Waals surface area (Å²) in [4.78, 5) is 38.1. The number of carbonyl (C=O) groups is 3. The average Bonchev–Trinajstić information content (AvgIpc) is 2.80. The summed E-state index contributed by atoms with van der Waals surface area (Å²) in [5, 5.41) is 0. The Kier molecular flexibility index (Phi) is 5.43. The molecule has 4 rings (SSSR count). The maximum absolute atomic E-state index is 12.3. The van der Waals surface area contributed by atoms with Crippen LogP contribution in [0.4, 0.5) is 5.69 Å². The molecule has 0 saturated heterocycles. The number of nitrogens with one attached hydrogen (secondary N) is 2. The van der Waals surface area contributed by atoms with E-state index in [4.69, 9.17) is 4.74 Å². The van der Waals surface area contributed by atoms with Crippen molar-refractivity contribution in [2.75, 3.05) is 18.1 Å². The maximum Gasteiger partial charge on any atom is 0.269 e. The van der Waals surface area contributed by atoms with Gasteiger partial charge in [0.2, 0.25) is 0 Å². The number of ether oxygens (including phenoxy) is 1. The molecule has 0 radical (unpaired) electrons. The molecule has 7 heteroatoms. The zero-order valence-corrected chi connectivity index (χ0v) is 16.0. The van der Waals surface area contributed by atoms with Crippen LogP contribution in [0.2, 0.25) is 0 Å². The van der Waals surface area contributed by atoms with Crippen molar-refractivity contribution >= 4 is 23.4 Å². The van der Waals surface area contributed by atoms with Crippen LogP contribution in [0.15, 0.2) is 78.9 Å². The van der Waals surface area contributed by atoms with Crippen LogP contribution in [0.3, 0.4) is 0 Å². The fourth-order valence-electron chi connectivity index (χ4n) is 3.15. The first kappa shape index (κ1) is 19.2. The minimum atomic E-state index is -0.519. The lowest BCUT2D eigenvalue weighted by Gasteiger charge is -2.28. The highest BCUT2D eigenvalue weighted by molar-refractivity contribution is 6.02. The molecule has 0 saturated carbocycles. The van der Waals surface area contributed by atoms with Crippen LogP contribution < -0.4 is 20.5 Å². The Morgan fingerprint density at radius 2 is 1.50 bits per heavy atom. The topological polar surface area (TPSA) is 87.7 Å². The van der Waals surface area contributed by atoms with E-state index in [0.29, 0.717) is 17.0 Å². The Morgan fingerprint density at radius 3 is 2.27 bits per heavy atom. The van der Waals surface area contributed by atoms with Crippen LogP contribution in [0.25, 0.3) is 11.1 Å². The summed E-state index contributed by atoms with van der Waals surface area (Å²) in [6, 6.07) is 23.8. The number of hydrogen-bond donors (Lipinski definition) is 2. The fourth-order valence-corrected chi connectivity index (χ4v) is 3.15. The van der Waals surface area contributed by atoms with Crippen molar-refractivity contribution in [1.82, 2.24) is 10.9 Å². The molecule has 0 atom stereocenters. The lowest BCUT2D eigenvalue weighted by Crippen LogP contribution is -2.49. The Morgan fingerprint density at radius 1 is 0.833 bits per heavy atom. The number of hydrazine groups is 1. The molecule has 1 heterocycles. The summed E-state index contributed by atoms with van der Waals surface area (Å²) < 4.78 is 5.35. The second-order valence-electron chi connectivity index (χ2n) is 6.68. The molecule has 0 aromatic heterocycles. The highest BCUT2D eigenvalue weighted by Crippen LogP contribution is 2.31.